The summed E-state index contributed by atoms with van der Waals surface area (Å²) in [5.74, 6) is 0.861. The van der Waals surface area contributed by atoms with Gasteiger partial charge in [0.05, 0.1) is 12.0 Å². The Bertz CT molecular complexity index is 549. The Morgan fingerprint density at radius 1 is 1.50 bits per heavy atom. The first kappa shape index (κ1) is 15.1. The predicted octanol–water partition coefficient (Wildman–Crippen LogP) is 2.61. The van der Waals surface area contributed by atoms with E-state index in [-0.39, 0.29) is 0 Å². The topological polar surface area (TPSA) is 63.2 Å². The quantitative estimate of drug-likeness (QED) is 0.860. The summed E-state index contributed by atoms with van der Waals surface area (Å²) in [6.07, 6.45) is 0.885. The molecule has 2 aromatic rings. The number of aliphatic hydroxyl groups excluding tert-OH is 1. The van der Waals surface area contributed by atoms with Crippen molar-refractivity contribution in [2.24, 2.45) is 7.05 Å². The normalized spacial score (nSPS) is 13.1. The zero-order valence-corrected chi connectivity index (χ0v) is 12.7. The molecule has 110 valence electrons. The molecule has 6 heteroatoms. The van der Waals surface area contributed by atoms with Gasteiger partial charge in [-0.1, -0.05) is 25.4 Å². The maximum absolute atomic E-state index is 9.93. The lowest BCUT2D eigenvalue weighted by atomic mass is 10.1. The van der Waals surface area contributed by atoms with Gasteiger partial charge in [-0.3, -0.25) is 4.68 Å². The molecule has 0 aliphatic rings. The highest BCUT2D eigenvalue weighted by atomic mass is 35.5. The molecule has 0 bridgehead atoms. The number of furan rings is 1. The summed E-state index contributed by atoms with van der Waals surface area (Å²) >= 11 is 6.25. The van der Waals surface area contributed by atoms with E-state index in [1.165, 1.54) is 0 Å². The van der Waals surface area contributed by atoms with Crippen molar-refractivity contribution in [2.75, 3.05) is 6.54 Å². The minimum absolute atomic E-state index is 0.306. The Hall–Kier alpha value is -1.30. The van der Waals surface area contributed by atoms with Gasteiger partial charge < -0.3 is 14.8 Å². The molecule has 1 unspecified atom stereocenters. The molecule has 0 radical (unpaired) electrons. The zero-order valence-electron chi connectivity index (χ0n) is 11.9. The summed E-state index contributed by atoms with van der Waals surface area (Å²) in [5, 5.41) is 18.2. The highest BCUT2D eigenvalue weighted by Gasteiger charge is 2.17. The first-order chi connectivity index (χ1) is 9.50. The van der Waals surface area contributed by atoms with Crippen LogP contribution in [0.25, 0.3) is 0 Å². The molecule has 0 spiro atoms. The van der Waals surface area contributed by atoms with E-state index in [1.54, 1.807) is 23.1 Å². The van der Waals surface area contributed by atoms with Crippen LogP contribution >= 0.6 is 11.6 Å². The van der Waals surface area contributed by atoms with Crippen molar-refractivity contribution >= 4 is 11.6 Å². The van der Waals surface area contributed by atoms with Crippen molar-refractivity contribution in [2.45, 2.75) is 32.4 Å². The molecule has 0 saturated heterocycles. The van der Waals surface area contributed by atoms with Crippen LogP contribution in [0.1, 0.15) is 42.9 Å². The minimum atomic E-state index is -0.664. The number of hydrogen-bond donors (Lipinski definition) is 2. The first-order valence-electron chi connectivity index (χ1n) is 6.64. The second-order valence-corrected chi connectivity index (χ2v) is 5.45. The molecule has 0 aliphatic carbocycles. The van der Waals surface area contributed by atoms with Gasteiger partial charge in [0.15, 0.2) is 0 Å². The first-order valence-corrected chi connectivity index (χ1v) is 7.02. The van der Waals surface area contributed by atoms with Crippen molar-refractivity contribution in [3.8, 4) is 0 Å². The van der Waals surface area contributed by atoms with Crippen LogP contribution in [0.2, 0.25) is 5.15 Å². The van der Waals surface area contributed by atoms with Gasteiger partial charge in [-0.05, 0) is 18.1 Å². The fourth-order valence-electron chi connectivity index (χ4n) is 2.11. The highest BCUT2D eigenvalue weighted by Crippen LogP contribution is 2.25. The van der Waals surface area contributed by atoms with Gasteiger partial charge in [0.2, 0.25) is 0 Å². The maximum Gasteiger partial charge on any atom is 0.133 e. The Morgan fingerprint density at radius 2 is 2.25 bits per heavy atom. The standard InChI is InChI=1S/C14H20ClN3O2/c1-9(2)13-10(14(15)18(3)17-13)7-16-8-11(19)12-5-4-6-20-12/h4-6,9,11,16,19H,7-8H2,1-3H3. The number of halogens is 1. The Balaban J connectivity index is 1.97. The smallest absolute Gasteiger partial charge is 0.133 e. The Labute approximate surface area is 123 Å². The molecule has 2 heterocycles. The van der Waals surface area contributed by atoms with Gasteiger partial charge in [-0.15, -0.1) is 0 Å². The van der Waals surface area contributed by atoms with E-state index in [4.69, 9.17) is 16.0 Å². The molecule has 0 fully saturated rings. The lowest BCUT2D eigenvalue weighted by molar-refractivity contribution is 0.147. The molecular formula is C14H20ClN3O2. The summed E-state index contributed by atoms with van der Waals surface area (Å²) < 4.78 is 6.83. The van der Waals surface area contributed by atoms with Crippen LogP contribution in [0.4, 0.5) is 0 Å². The second kappa shape index (κ2) is 6.43. The average molecular weight is 298 g/mol. The zero-order chi connectivity index (χ0) is 14.7. The summed E-state index contributed by atoms with van der Waals surface area (Å²) in [5.41, 5.74) is 1.97. The third-order valence-electron chi connectivity index (χ3n) is 3.16. The summed E-state index contributed by atoms with van der Waals surface area (Å²) in [4.78, 5) is 0. The maximum atomic E-state index is 9.93. The van der Waals surface area contributed by atoms with Crippen LogP contribution in [0.5, 0.6) is 0 Å². The fourth-order valence-corrected chi connectivity index (χ4v) is 2.31. The largest absolute Gasteiger partial charge is 0.467 e. The van der Waals surface area contributed by atoms with E-state index in [0.717, 1.165) is 11.3 Å². The minimum Gasteiger partial charge on any atom is -0.467 e. The fraction of sp³-hybridized carbons (Fsp3) is 0.500. The molecule has 0 saturated carbocycles. The number of aromatic nitrogens is 2. The van der Waals surface area contributed by atoms with Gasteiger partial charge in [0.25, 0.3) is 0 Å². The van der Waals surface area contributed by atoms with E-state index in [2.05, 4.69) is 24.3 Å². The van der Waals surface area contributed by atoms with Crippen LogP contribution in [-0.4, -0.2) is 21.4 Å². The van der Waals surface area contributed by atoms with E-state index >= 15 is 0 Å². The molecular weight excluding hydrogens is 278 g/mol. The second-order valence-electron chi connectivity index (χ2n) is 5.10. The molecule has 2 N–H and O–H groups in total. The van der Waals surface area contributed by atoms with Crippen molar-refractivity contribution < 1.29 is 9.52 Å². The van der Waals surface area contributed by atoms with Crippen molar-refractivity contribution in [1.82, 2.24) is 15.1 Å². The van der Waals surface area contributed by atoms with Crippen LogP contribution in [0.3, 0.4) is 0 Å². The van der Waals surface area contributed by atoms with Gasteiger partial charge in [0, 0.05) is 25.7 Å². The highest BCUT2D eigenvalue weighted by molar-refractivity contribution is 6.30. The van der Waals surface area contributed by atoms with E-state index < -0.39 is 6.10 Å². The molecule has 2 rings (SSSR count). The number of hydrogen-bond acceptors (Lipinski definition) is 4. The molecule has 0 aromatic carbocycles. The molecule has 20 heavy (non-hydrogen) atoms. The van der Waals surface area contributed by atoms with E-state index in [1.807, 2.05) is 7.05 Å². The van der Waals surface area contributed by atoms with Crippen LogP contribution in [0.15, 0.2) is 22.8 Å². The van der Waals surface area contributed by atoms with Gasteiger partial charge in [0.1, 0.15) is 17.0 Å². The van der Waals surface area contributed by atoms with Gasteiger partial charge >= 0.3 is 0 Å². The van der Waals surface area contributed by atoms with E-state index in [9.17, 15) is 5.11 Å². The van der Waals surface area contributed by atoms with E-state index in [0.29, 0.717) is 29.9 Å². The van der Waals surface area contributed by atoms with Gasteiger partial charge in [-0.25, -0.2) is 0 Å². The third kappa shape index (κ3) is 3.23. The molecule has 2 aromatic heterocycles. The molecule has 0 aliphatic heterocycles. The number of rotatable bonds is 6. The Kier molecular flexibility index (Phi) is 4.86. The third-order valence-corrected chi connectivity index (χ3v) is 3.63. The summed E-state index contributed by atoms with van der Waals surface area (Å²) in [7, 11) is 1.83. The van der Waals surface area contributed by atoms with Crippen LogP contribution in [-0.2, 0) is 13.6 Å². The lowest BCUT2D eigenvalue weighted by Gasteiger charge is -2.10. The van der Waals surface area contributed by atoms with Gasteiger partial charge in [-0.2, -0.15) is 5.10 Å². The molecule has 5 nitrogen and oxygen atoms in total. The predicted molar refractivity (Wildman–Crippen MR) is 77.7 cm³/mol. The summed E-state index contributed by atoms with van der Waals surface area (Å²) in [6, 6.07) is 3.51. The molecule has 1 atom stereocenters. The van der Waals surface area contributed by atoms with Crippen molar-refractivity contribution in [3.63, 3.8) is 0 Å². The van der Waals surface area contributed by atoms with Crippen molar-refractivity contribution in [1.29, 1.82) is 0 Å². The average Bonchev–Trinajstić information content (AvgIpc) is 3.01. The van der Waals surface area contributed by atoms with Crippen molar-refractivity contribution in [3.05, 3.63) is 40.6 Å². The number of aryl methyl sites for hydroxylation is 1. The van der Waals surface area contributed by atoms with Crippen LogP contribution < -0.4 is 5.32 Å². The van der Waals surface area contributed by atoms with Crippen LogP contribution in [0, 0.1) is 0 Å². The summed E-state index contributed by atoms with van der Waals surface area (Å²) in [6.45, 7) is 5.13. The Morgan fingerprint density at radius 3 is 2.85 bits per heavy atom. The monoisotopic (exact) mass is 297 g/mol. The number of nitrogens with zero attached hydrogens (tertiary/aromatic N) is 2. The SMILES string of the molecule is CC(C)c1nn(C)c(Cl)c1CNCC(O)c1ccco1. The number of aliphatic hydroxyl groups is 1. The molecule has 0 amide bonds. The lowest BCUT2D eigenvalue weighted by Crippen LogP contribution is -2.21. The number of nitrogens with one attached hydrogen (secondary N) is 1.